The molecule has 0 spiro atoms. The maximum absolute atomic E-state index is 14.1. The molecule has 72 valence electrons. The molecule has 0 bridgehead atoms. The van der Waals surface area contributed by atoms with Crippen LogP contribution in [0.15, 0.2) is 0 Å². The summed E-state index contributed by atoms with van der Waals surface area (Å²) in [6.45, 7) is 5.88. The molecule has 1 heterocycles. The van der Waals surface area contributed by atoms with Gasteiger partial charge < -0.3 is 5.32 Å². The van der Waals surface area contributed by atoms with E-state index in [1.807, 2.05) is 0 Å². The molecule has 0 amide bonds. The van der Waals surface area contributed by atoms with E-state index < -0.39 is 5.67 Å². The maximum atomic E-state index is 14.1. The van der Waals surface area contributed by atoms with Gasteiger partial charge in [-0.15, -0.1) is 0 Å². The SMILES string of the molecule is CCCC(C)C1(F)CCNCC1. The van der Waals surface area contributed by atoms with Gasteiger partial charge in [0.1, 0.15) is 5.67 Å². The summed E-state index contributed by atoms with van der Waals surface area (Å²) in [5, 5.41) is 3.20. The molecular weight excluding hydrogens is 153 g/mol. The molecule has 12 heavy (non-hydrogen) atoms. The van der Waals surface area contributed by atoms with Gasteiger partial charge in [0.05, 0.1) is 0 Å². The van der Waals surface area contributed by atoms with Gasteiger partial charge in [0, 0.05) is 0 Å². The van der Waals surface area contributed by atoms with Crippen molar-refractivity contribution in [1.82, 2.24) is 5.32 Å². The number of alkyl halides is 1. The molecule has 0 saturated carbocycles. The molecule has 1 N–H and O–H groups in total. The molecule has 1 nitrogen and oxygen atoms in total. The largest absolute Gasteiger partial charge is 0.316 e. The molecule has 1 atom stereocenters. The monoisotopic (exact) mass is 173 g/mol. The van der Waals surface area contributed by atoms with Crippen molar-refractivity contribution in [2.75, 3.05) is 13.1 Å². The Balaban J connectivity index is 2.44. The van der Waals surface area contributed by atoms with Crippen molar-refractivity contribution in [2.24, 2.45) is 5.92 Å². The quantitative estimate of drug-likeness (QED) is 0.691. The molecule has 1 aliphatic rings. The van der Waals surface area contributed by atoms with Gasteiger partial charge >= 0.3 is 0 Å². The number of nitrogens with one attached hydrogen (secondary N) is 1. The third-order valence-corrected chi connectivity index (χ3v) is 3.04. The summed E-state index contributed by atoms with van der Waals surface area (Å²) in [6.07, 6.45) is 3.53. The zero-order valence-corrected chi connectivity index (χ0v) is 8.20. The summed E-state index contributed by atoms with van der Waals surface area (Å²) in [7, 11) is 0. The second-order valence-corrected chi connectivity index (χ2v) is 3.97. The molecule has 0 aromatic carbocycles. The van der Waals surface area contributed by atoms with Crippen LogP contribution in [-0.2, 0) is 0 Å². The van der Waals surface area contributed by atoms with E-state index >= 15 is 0 Å². The fourth-order valence-electron chi connectivity index (χ4n) is 2.03. The lowest BCUT2D eigenvalue weighted by Gasteiger charge is -2.35. The summed E-state index contributed by atoms with van der Waals surface area (Å²) in [4.78, 5) is 0. The minimum atomic E-state index is -0.874. The lowest BCUT2D eigenvalue weighted by Crippen LogP contribution is -2.43. The van der Waals surface area contributed by atoms with Crippen molar-refractivity contribution >= 4 is 0 Å². The highest BCUT2D eigenvalue weighted by atomic mass is 19.1. The van der Waals surface area contributed by atoms with E-state index in [2.05, 4.69) is 19.2 Å². The summed E-state index contributed by atoms with van der Waals surface area (Å²) in [5.41, 5.74) is -0.874. The van der Waals surface area contributed by atoms with Gasteiger partial charge in [-0.3, -0.25) is 0 Å². The molecule has 2 heteroatoms. The van der Waals surface area contributed by atoms with Gasteiger partial charge in [0.2, 0.25) is 0 Å². The van der Waals surface area contributed by atoms with Crippen LogP contribution < -0.4 is 5.32 Å². The Morgan fingerprint density at radius 2 is 2.00 bits per heavy atom. The Bertz CT molecular complexity index is 130. The van der Waals surface area contributed by atoms with Gasteiger partial charge in [0.15, 0.2) is 0 Å². The van der Waals surface area contributed by atoms with Crippen molar-refractivity contribution in [1.29, 1.82) is 0 Å². The second-order valence-electron chi connectivity index (χ2n) is 3.97. The maximum Gasteiger partial charge on any atom is 0.116 e. The third-order valence-electron chi connectivity index (χ3n) is 3.04. The number of halogens is 1. The third kappa shape index (κ3) is 2.19. The van der Waals surface area contributed by atoms with Crippen LogP contribution in [0.2, 0.25) is 0 Å². The van der Waals surface area contributed by atoms with E-state index in [0.29, 0.717) is 12.8 Å². The minimum Gasteiger partial charge on any atom is -0.316 e. The van der Waals surface area contributed by atoms with Crippen LogP contribution in [0.4, 0.5) is 4.39 Å². The Morgan fingerprint density at radius 1 is 1.42 bits per heavy atom. The lowest BCUT2D eigenvalue weighted by molar-refractivity contribution is 0.0493. The average molecular weight is 173 g/mol. The van der Waals surface area contributed by atoms with Crippen molar-refractivity contribution in [3.8, 4) is 0 Å². The van der Waals surface area contributed by atoms with E-state index in [9.17, 15) is 4.39 Å². The number of hydrogen-bond donors (Lipinski definition) is 1. The first-order valence-corrected chi connectivity index (χ1v) is 5.08. The average Bonchev–Trinajstić information content (AvgIpc) is 2.06. The smallest absolute Gasteiger partial charge is 0.116 e. The Hall–Kier alpha value is -0.110. The first-order chi connectivity index (χ1) is 5.69. The van der Waals surface area contributed by atoms with Gasteiger partial charge in [0.25, 0.3) is 0 Å². The van der Waals surface area contributed by atoms with Gasteiger partial charge in [-0.2, -0.15) is 0 Å². The highest BCUT2D eigenvalue weighted by Crippen LogP contribution is 2.34. The summed E-state index contributed by atoms with van der Waals surface area (Å²) < 4.78 is 14.1. The molecule has 1 fully saturated rings. The van der Waals surface area contributed by atoms with Crippen molar-refractivity contribution in [3.05, 3.63) is 0 Å². The van der Waals surface area contributed by atoms with E-state index in [1.54, 1.807) is 0 Å². The first-order valence-electron chi connectivity index (χ1n) is 5.08. The predicted octanol–water partition coefficient (Wildman–Crippen LogP) is 2.51. The number of piperidine rings is 1. The van der Waals surface area contributed by atoms with Crippen LogP contribution in [0.1, 0.15) is 39.5 Å². The second kappa shape index (κ2) is 4.22. The molecule has 0 aliphatic carbocycles. The number of rotatable bonds is 3. The van der Waals surface area contributed by atoms with Crippen molar-refractivity contribution < 1.29 is 4.39 Å². The summed E-state index contributed by atoms with van der Waals surface area (Å²) in [6, 6.07) is 0. The van der Waals surface area contributed by atoms with Crippen LogP contribution >= 0.6 is 0 Å². The molecule has 1 rings (SSSR count). The normalized spacial score (nSPS) is 25.2. The topological polar surface area (TPSA) is 12.0 Å². The first kappa shape index (κ1) is 9.97. The highest BCUT2D eigenvalue weighted by Gasteiger charge is 2.36. The van der Waals surface area contributed by atoms with Crippen LogP contribution in [0, 0.1) is 5.92 Å². The van der Waals surface area contributed by atoms with E-state index in [-0.39, 0.29) is 5.92 Å². The fraction of sp³-hybridized carbons (Fsp3) is 1.00. The lowest BCUT2D eigenvalue weighted by atomic mass is 9.80. The van der Waals surface area contributed by atoms with Crippen molar-refractivity contribution in [3.63, 3.8) is 0 Å². The molecule has 1 unspecified atom stereocenters. The fourth-order valence-corrected chi connectivity index (χ4v) is 2.03. The van der Waals surface area contributed by atoms with Crippen LogP contribution in [0.3, 0.4) is 0 Å². The Kier molecular flexibility index (Phi) is 3.51. The number of hydrogen-bond acceptors (Lipinski definition) is 1. The highest BCUT2D eigenvalue weighted by molar-refractivity contribution is 4.88. The molecular formula is C10H20FN. The van der Waals surface area contributed by atoms with E-state index in [0.717, 1.165) is 25.9 Å². The van der Waals surface area contributed by atoms with Gasteiger partial charge in [-0.05, 0) is 38.3 Å². The molecule has 0 aromatic heterocycles. The Labute approximate surface area is 74.7 Å². The summed E-state index contributed by atoms with van der Waals surface area (Å²) >= 11 is 0. The molecule has 0 aromatic rings. The molecule has 0 radical (unpaired) electrons. The van der Waals surface area contributed by atoms with E-state index in [1.165, 1.54) is 0 Å². The standard InChI is InChI=1S/C10H20FN/c1-3-4-9(2)10(11)5-7-12-8-6-10/h9,12H,3-8H2,1-2H3. The van der Waals surface area contributed by atoms with E-state index in [4.69, 9.17) is 0 Å². The zero-order chi connectivity index (χ0) is 9.03. The van der Waals surface area contributed by atoms with Crippen LogP contribution in [0.25, 0.3) is 0 Å². The van der Waals surface area contributed by atoms with Crippen LogP contribution in [0.5, 0.6) is 0 Å². The van der Waals surface area contributed by atoms with Gasteiger partial charge in [-0.25, -0.2) is 4.39 Å². The molecule has 1 aliphatic heterocycles. The molecule has 1 saturated heterocycles. The summed E-state index contributed by atoms with van der Waals surface area (Å²) in [5.74, 6) is 0.240. The Morgan fingerprint density at radius 3 is 2.50 bits per heavy atom. The van der Waals surface area contributed by atoms with Gasteiger partial charge in [-0.1, -0.05) is 20.3 Å². The van der Waals surface area contributed by atoms with Crippen molar-refractivity contribution in [2.45, 2.75) is 45.2 Å². The zero-order valence-electron chi connectivity index (χ0n) is 8.20. The minimum absolute atomic E-state index is 0.240. The predicted molar refractivity (Wildman–Crippen MR) is 50.0 cm³/mol. The van der Waals surface area contributed by atoms with Crippen LogP contribution in [-0.4, -0.2) is 18.8 Å².